The molecule has 0 saturated carbocycles. The fraction of sp³-hybridized carbons (Fsp3) is 0.500. The second-order valence-corrected chi connectivity index (χ2v) is 4.29. The van der Waals surface area contributed by atoms with Crippen molar-refractivity contribution in [2.45, 2.75) is 33.3 Å². The van der Waals surface area contributed by atoms with E-state index in [2.05, 4.69) is 0 Å². The van der Waals surface area contributed by atoms with E-state index in [0.29, 0.717) is 6.42 Å². The Hall–Kier alpha value is -1.35. The molecule has 0 saturated heterocycles. The lowest BCUT2D eigenvalue weighted by Crippen LogP contribution is -2.24. The van der Waals surface area contributed by atoms with E-state index in [-0.39, 0.29) is 5.97 Å². The third-order valence-electron chi connectivity index (χ3n) is 3.16. The first-order valence-corrected chi connectivity index (χ1v) is 5.84. The van der Waals surface area contributed by atoms with Crippen molar-refractivity contribution < 1.29 is 14.6 Å². The minimum absolute atomic E-state index is 0.359. The standard InChI is InChI=1S/C14H20O3/c1-5-11(14(16)17-4)13(15)12-9(2)7-6-8-10(12)3/h6-8,11,13,15H,5H2,1-4H3. The quantitative estimate of drug-likeness (QED) is 0.817. The Balaban J connectivity index is 3.10. The normalized spacial score (nSPS) is 14.2. The summed E-state index contributed by atoms with van der Waals surface area (Å²) in [5.41, 5.74) is 2.84. The number of aryl methyl sites for hydroxylation is 2. The number of carbonyl (C=O) groups is 1. The maximum absolute atomic E-state index is 11.6. The molecular formula is C14H20O3. The number of methoxy groups -OCH3 is 1. The van der Waals surface area contributed by atoms with E-state index in [1.165, 1.54) is 7.11 Å². The minimum atomic E-state index is -0.798. The third-order valence-corrected chi connectivity index (χ3v) is 3.16. The summed E-state index contributed by atoms with van der Waals surface area (Å²) in [5.74, 6) is -0.859. The van der Waals surface area contributed by atoms with Crippen LogP contribution in [-0.4, -0.2) is 18.2 Å². The Bertz CT molecular complexity index is 378. The van der Waals surface area contributed by atoms with E-state index in [1.807, 2.05) is 39.0 Å². The van der Waals surface area contributed by atoms with Crippen LogP contribution in [0.25, 0.3) is 0 Å². The van der Waals surface area contributed by atoms with E-state index >= 15 is 0 Å². The number of benzene rings is 1. The highest BCUT2D eigenvalue weighted by atomic mass is 16.5. The van der Waals surface area contributed by atoms with Crippen molar-refractivity contribution >= 4 is 5.97 Å². The molecule has 0 bridgehead atoms. The van der Waals surface area contributed by atoms with Gasteiger partial charge in [-0.25, -0.2) is 0 Å². The molecule has 17 heavy (non-hydrogen) atoms. The van der Waals surface area contributed by atoms with Crippen molar-refractivity contribution in [3.8, 4) is 0 Å². The lowest BCUT2D eigenvalue weighted by Gasteiger charge is -2.22. The van der Waals surface area contributed by atoms with Gasteiger partial charge in [-0.2, -0.15) is 0 Å². The average Bonchev–Trinajstić information content (AvgIpc) is 2.29. The summed E-state index contributed by atoms with van der Waals surface area (Å²) in [6, 6.07) is 5.82. The summed E-state index contributed by atoms with van der Waals surface area (Å²) in [4.78, 5) is 11.6. The molecule has 0 fully saturated rings. The molecule has 0 aromatic heterocycles. The molecule has 0 amide bonds. The van der Waals surface area contributed by atoms with Crippen molar-refractivity contribution in [1.29, 1.82) is 0 Å². The number of carbonyl (C=O) groups excluding carboxylic acids is 1. The lowest BCUT2D eigenvalue weighted by molar-refractivity contribution is -0.149. The van der Waals surface area contributed by atoms with Gasteiger partial charge in [0.25, 0.3) is 0 Å². The molecule has 0 heterocycles. The second kappa shape index (κ2) is 5.82. The molecule has 0 aliphatic heterocycles. The van der Waals surface area contributed by atoms with Crippen LogP contribution in [0.5, 0.6) is 0 Å². The van der Waals surface area contributed by atoms with Crippen molar-refractivity contribution in [1.82, 2.24) is 0 Å². The Morgan fingerprint density at radius 3 is 2.29 bits per heavy atom. The van der Waals surface area contributed by atoms with Crippen LogP contribution in [0.1, 0.15) is 36.1 Å². The molecule has 0 aliphatic carbocycles. The van der Waals surface area contributed by atoms with E-state index in [4.69, 9.17) is 4.74 Å². The zero-order valence-corrected chi connectivity index (χ0v) is 10.9. The van der Waals surface area contributed by atoms with Crippen LogP contribution in [0.4, 0.5) is 0 Å². The Morgan fingerprint density at radius 2 is 1.88 bits per heavy atom. The zero-order valence-electron chi connectivity index (χ0n) is 10.9. The van der Waals surface area contributed by atoms with E-state index in [9.17, 15) is 9.90 Å². The van der Waals surface area contributed by atoms with Gasteiger partial charge in [0.05, 0.1) is 19.1 Å². The lowest BCUT2D eigenvalue weighted by atomic mass is 9.88. The van der Waals surface area contributed by atoms with Crippen molar-refractivity contribution in [2.24, 2.45) is 5.92 Å². The van der Waals surface area contributed by atoms with Gasteiger partial charge in [-0.05, 0) is 37.0 Å². The van der Waals surface area contributed by atoms with Gasteiger partial charge in [0.15, 0.2) is 0 Å². The summed E-state index contributed by atoms with van der Waals surface area (Å²) in [5, 5.41) is 10.3. The van der Waals surface area contributed by atoms with Gasteiger partial charge >= 0.3 is 5.97 Å². The number of aliphatic hydroxyl groups excluding tert-OH is 1. The highest BCUT2D eigenvalue weighted by molar-refractivity contribution is 5.73. The number of hydrogen-bond acceptors (Lipinski definition) is 3. The molecule has 1 rings (SSSR count). The maximum atomic E-state index is 11.6. The summed E-state index contributed by atoms with van der Waals surface area (Å²) in [6.07, 6.45) is -0.240. The molecular weight excluding hydrogens is 216 g/mol. The molecule has 1 aromatic rings. The molecule has 3 nitrogen and oxygen atoms in total. The molecule has 94 valence electrons. The molecule has 2 unspecified atom stereocenters. The maximum Gasteiger partial charge on any atom is 0.311 e. The van der Waals surface area contributed by atoms with Gasteiger partial charge in [0.1, 0.15) is 0 Å². The molecule has 3 heteroatoms. The predicted molar refractivity (Wildman–Crippen MR) is 66.7 cm³/mol. The van der Waals surface area contributed by atoms with Crippen molar-refractivity contribution in [3.05, 3.63) is 34.9 Å². The fourth-order valence-corrected chi connectivity index (χ4v) is 2.17. The molecule has 1 aromatic carbocycles. The van der Waals surface area contributed by atoms with Crippen LogP contribution >= 0.6 is 0 Å². The van der Waals surface area contributed by atoms with Gasteiger partial charge in [0, 0.05) is 0 Å². The summed E-state index contributed by atoms with van der Waals surface area (Å²) < 4.78 is 4.73. The molecule has 0 radical (unpaired) electrons. The van der Waals surface area contributed by atoms with Crippen LogP contribution in [0.3, 0.4) is 0 Å². The monoisotopic (exact) mass is 236 g/mol. The minimum Gasteiger partial charge on any atom is -0.469 e. The fourth-order valence-electron chi connectivity index (χ4n) is 2.17. The van der Waals surface area contributed by atoms with Crippen molar-refractivity contribution in [3.63, 3.8) is 0 Å². The summed E-state index contributed by atoms with van der Waals surface area (Å²) in [6.45, 7) is 5.75. The Kier molecular flexibility index (Phi) is 4.70. The van der Waals surface area contributed by atoms with E-state index in [1.54, 1.807) is 0 Å². The van der Waals surface area contributed by atoms with Gasteiger partial charge in [-0.1, -0.05) is 25.1 Å². The van der Waals surface area contributed by atoms with Gasteiger partial charge < -0.3 is 9.84 Å². The summed E-state index contributed by atoms with van der Waals surface area (Å²) in [7, 11) is 1.35. The summed E-state index contributed by atoms with van der Waals surface area (Å²) >= 11 is 0. The highest BCUT2D eigenvalue weighted by Gasteiger charge is 2.28. The molecule has 2 atom stereocenters. The number of ether oxygens (including phenoxy) is 1. The number of esters is 1. The first-order valence-electron chi connectivity index (χ1n) is 5.84. The first-order chi connectivity index (χ1) is 8.02. The van der Waals surface area contributed by atoms with Crippen LogP contribution < -0.4 is 0 Å². The molecule has 0 spiro atoms. The number of rotatable bonds is 4. The Morgan fingerprint density at radius 1 is 1.35 bits per heavy atom. The highest BCUT2D eigenvalue weighted by Crippen LogP contribution is 2.30. The van der Waals surface area contributed by atoms with Crippen LogP contribution in [0.15, 0.2) is 18.2 Å². The van der Waals surface area contributed by atoms with Gasteiger partial charge in [0.2, 0.25) is 0 Å². The first kappa shape index (κ1) is 13.7. The van der Waals surface area contributed by atoms with E-state index < -0.39 is 12.0 Å². The van der Waals surface area contributed by atoms with Gasteiger partial charge in [-0.3, -0.25) is 4.79 Å². The van der Waals surface area contributed by atoms with E-state index in [0.717, 1.165) is 16.7 Å². The number of aliphatic hydroxyl groups is 1. The SMILES string of the molecule is CCC(C(=O)OC)C(O)c1c(C)cccc1C. The topological polar surface area (TPSA) is 46.5 Å². The molecule has 1 N–H and O–H groups in total. The van der Waals surface area contributed by atoms with Gasteiger partial charge in [-0.15, -0.1) is 0 Å². The third kappa shape index (κ3) is 2.86. The smallest absolute Gasteiger partial charge is 0.311 e. The second-order valence-electron chi connectivity index (χ2n) is 4.29. The number of hydrogen-bond donors (Lipinski definition) is 1. The van der Waals surface area contributed by atoms with Crippen LogP contribution in [0.2, 0.25) is 0 Å². The average molecular weight is 236 g/mol. The molecule has 0 aliphatic rings. The van der Waals surface area contributed by atoms with Crippen molar-refractivity contribution in [2.75, 3.05) is 7.11 Å². The zero-order chi connectivity index (χ0) is 13.0. The largest absolute Gasteiger partial charge is 0.469 e. The Labute approximate surface area is 102 Å². The van der Waals surface area contributed by atoms with Crippen LogP contribution in [0, 0.1) is 19.8 Å². The predicted octanol–water partition coefficient (Wildman–Crippen LogP) is 2.54. The van der Waals surface area contributed by atoms with Crippen LogP contribution in [-0.2, 0) is 9.53 Å².